The van der Waals surface area contributed by atoms with Gasteiger partial charge in [0.1, 0.15) is 0 Å². The lowest BCUT2D eigenvalue weighted by atomic mass is 10.1. The van der Waals surface area contributed by atoms with E-state index in [0.717, 1.165) is 12.8 Å². The fourth-order valence-electron chi connectivity index (χ4n) is 2.17. The molecule has 1 N–H and O–H groups in total. The molecule has 0 unspecified atom stereocenters. The summed E-state index contributed by atoms with van der Waals surface area (Å²) < 4.78 is 0. The summed E-state index contributed by atoms with van der Waals surface area (Å²) in [4.78, 5) is 22.2. The van der Waals surface area contributed by atoms with Crippen LogP contribution in [0.5, 0.6) is 0 Å². The first-order valence-electron chi connectivity index (χ1n) is 7.40. The molecule has 5 nitrogen and oxygen atoms in total. The average molecular weight is 310 g/mol. The highest BCUT2D eigenvalue weighted by atomic mass is 16.6. The monoisotopic (exact) mass is 310 g/mol. The minimum absolute atomic E-state index is 0.0133. The Morgan fingerprint density at radius 2 is 1.78 bits per heavy atom. The number of para-hydroxylation sites is 1. The normalized spacial score (nSPS) is 10.6. The first-order valence-corrected chi connectivity index (χ1v) is 7.40. The van der Waals surface area contributed by atoms with Crippen LogP contribution < -0.4 is 5.32 Å². The second-order valence-corrected chi connectivity index (χ2v) is 5.03. The van der Waals surface area contributed by atoms with Crippen LogP contribution in [0.4, 0.5) is 5.69 Å². The lowest BCUT2D eigenvalue weighted by Crippen LogP contribution is -2.22. The maximum absolute atomic E-state index is 11.7. The van der Waals surface area contributed by atoms with E-state index in [9.17, 15) is 14.9 Å². The number of rotatable bonds is 7. The number of nitrogens with zero attached hydrogens (tertiary/aromatic N) is 1. The van der Waals surface area contributed by atoms with Gasteiger partial charge in [0.25, 0.3) is 5.69 Å². The van der Waals surface area contributed by atoms with Crippen molar-refractivity contribution in [3.8, 4) is 0 Å². The molecule has 5 heteroatoms. The van der Waals surface area contributed by atoms with Crippen molar-refractivity contribution in [3.05, 3.63) is 81.9 Å². The zero-order valence-electron chi connectivity index (χ0n) is 12.6. The first kappa shape index (κ1) is 16.4. The molecule has 0 aliphatic carbocycles. The molecule has 0 heterocycles. The molecule has 0 radical (unpaired) electrons. The Bertz CT molecular complexity index is 696. The van der Waals surface area contributed by atoms with E-state index < -0.39 is 4.92 Å². The standard InChI is InChI=1S/C18H18N2O3/c21-18(19-14-6-9-15-7-2-1-3-8-15)13-12-16-10-4-5-11-17(16)20(22)23/h1-5,7-8,10-13H,6,9,14H2,(H,19,21)/b13-12+. The number of nitro groups is 1. The van der Waals surface area contributed by atoms with E-state index in [-0.39, 0.29) is 11.6 Å². The smallest absolute Gasteiger partial charge is 0.276 e. The molecule has 0 aliphatic heterocycles. The van der Waals surface area contributed by atoms with Gasteiger partial charge in [0.15, 0.2) is 0 Å². The van der Waals surface area contributed by atoms with Crippen molar-refractivity contribution in [2.45, 2.75) is 12.8 Å². The van der Waals surface area contributed by atoms with Crippen LogP contribution in [-0.2, 0) is 11.2 Å². The number of carbonyl (C=O) groups excluding carboxylic acids is 1. The number of nitrogens with one attached hydrogen (secondary N) is 1. The molecule has 2 rings (SSSR count). The fourth-order valence-corrected chi connectivity index (χ4v) is 2.17. The summed E-state index contributed by atoms with van der Waals surface area (Å²) in [5.74, 6) is -0.254. The number of nitro benzene ring substituents is 1. The van der Waals surface area contributed by atoms with E-state index in [1.54, 1.807) is 18.2 Å². The van der Waals surface area contributed by atoms with E-state index in [0.29, 0.717) is 12.1 Å². The number of carbonyl (C=O) groups is 1. The number of hydrogen-bond acceptors (Lipinski definition) is 3. The van der Waals surface area contributed by atoms with Gasteiger partial charge in [-0.1, -0.05) is 42.5 Å². The van der Waals surface area contributed by atoms with Gasteiger partial charge < -0.3 is 5.32 Å². The third kappa shape index (κ3) is 5.39. The van der Waals surface area contributed by atoms with Crippen LogP contribution in [0.2, 0.25) is 0 Å². The minimum atomic E-state index is -0.461. The molecule has 1 amide bonds. The van der Waals surface area contributed by atoms with Gasteiger partial charge in [0.2, 0.25) is 5.91 Å². The molecule has 0 aromatic heterocycles. The zero-order valence-corrected chi connectivity index (χ0v) is 12.6. The van der Waals surface area contributed by atoms with Crippen molar-refractivity contribution in [1.82, 2.24) is 5.32 Å². The molecule has 0 saturated heterocycles. The molecule has 2 aromatic rings. The van der Waals surface area contributed by atoms with Crippen LogP contribution >= 0.6 is 0 Å². The van der Waals surface area contributed by atoms with Gasteiger partial charge in [-0.15, -0.1) is 0 Å². The van der Waals surface area contributed by atoms with Crippen molar-refractivity contribution in [1.29, 1.82) is 0 Å². The van der Waals surface area contributed by atoms with Crippen LogP contribution in [0.3, 0.4) is 0 Å². The Hall–Kier alpha value is -2.95. The molecule has 0 aliphatic rings. The summed E-state index contributed by atoms with van der Waals surface area (Å²) in [7, 11) is 0. The molecule has 0 fully saturated rings. The third-order valence-electron chi connectivity index (χ3n) is 3.33. The third-order valence-corrected chi connectivity index (χ3v) is 3.33. The quantitative estimate of drug-likeness (QED) is 0.369. The van der Waals surface area contributed by atoms with Gasteiger partial charge in [-0.2, -0.15) is 0 Å². The molecule has 0 spiro atoms. The van der Waals surface area contributed by atoms with E-state index in [2.05, 4.69) is 17.4 Å². The first-order chi connectivity index (χ1) is 11.2. The summed E-state index contributed by atoms with van der Waals surface area (Å²) in [5, 5.41) is 13.7. The molecule has 0 atom stereocenters. The Morgan fingerprint density at radius 1 is 1.09 bits per heavy atom. The van der Waals surface area contributed by atoms with Crippen molar-refractivity contribution >= 4 is 17.7 Å². The fraction of sp³-hybridized carbons (Fsp3) is 0.167. The van der Waals surface area contributed by atoms with Gasteiger partial charge in [-0.05, 0) is 30.5 Å². The van der Waals surface area contributed by atoms with Gasteiger partial charge in [-0.25, -0.2) is 0 Å². The Kier molecular flexibility index (Phi) is 6.06. The molecule has 0 bridgehead atoms. The number of hydrogen-bond donors (Lipinski definition) is 1. The SMILES string of the molecule is O=C(/C=C/c1ccccc1[N+](=O)[O-])NCCCc1ccccc1. The number of benzene rings is 2. The van der Waals surface area contributed by atoms with Crippen molar-refractivity contribution < 1.29 is 9.72 Å². The lowest BCUT2D eigenvalue weighted by molar-refractivity contribution is -0.385. The Balaban J connectivity index is 1.80. The van der Waals surface area contributed by atoms with E-state index in [4.69, 9.17) is 0 Å². The van der Waals surface area contributed by atoms with Crippen molar-refractivity contribution in [2.75, 3.05) is 6.54 Å². The lowest BCUT2D eigenvalue weighted by Gasteiger charge is -2.03. The van der Waals surface area contributed by atoms with Gasteiger partial charge in [-0.3, -0.25) is 14.9 Å². The Labute approximate surface area is 134 Å². The highest BCUT2D eigenvalue weighted by Crippen LogP contribution is 2.18. The second kappa shape index (κ2) is 8.48. The number of aryl methyl sites for hydroxylation is 1. The van der Waals surface area contributed by atoms with E-state index in [1.165, 1.54) is 23.8 Å². The molecular weight excluding hydrogens is 292 g/mol. The second-order valence-electron chi connectivity index (χ2n) is 5.03. The van der Waals surface area contributed by atoms with Crippen molar-refractivity contribution in [2.24, 2.45) is 0 Å². The molecular formula is C18H18N2O3. The van der Waals surface area contributed by atoms with Crippen LogP contribution in [0.15, 0.2) is 60.7 Å². The van der Waals surface area contributed by atoms with Gasteiger partial charge in [0, 0.05) is 18.7 Å². The maximum atomic E-state index is 11.7. The predicted molar refractivity (Wildman–Crippen MR) is 89.9 cm³/mol. The molecule has 23 heavy (non-hydrogen) atoms. The molecule has 118 valence electrons. The van der Waals surface area contributed by atoms with Crippen LogP contribution in [0.1, 0.15) is 17.5 Å². The summed E-state index contributed by atoms with van der Waals surface area (Å²) in [6.45, 7) is 0.564. The largest absolute Gasteiger partial charge is 0.353 e. The van der Waals surface area contributed by atoms with Crippen molar-refractivity contribution in [3.63, 3.8) is 0 Å². The van der Waals surface area contributed by atoms with E-state index >= 15 is 0 Å². The highest BCUT2D eigenvalue weighted by molar-refractivity contribution is 5.92. The zero-order chi connectivity index (χ0) is 16.5. The topological polar surface area (TPSA) is 72.2 Å². The summed E-state index contributed by atoms with van der Waals surface area (Å²) in [5.41, 5.74) is 1.63. The molecule has 0 saturated carbocycles. The van der Waals surface area contributed by atoms with Gasteiger partial charge in [0.05, 0.1) is 10.5 Å². The summed E-state index contributed by atoms with van der Waals surface area (Å²) in [6, 6.07) is 16.4. The van der Waals surface area contributed by atoms with Crippen LogP contribution in [0.25, 0.3) is 6.08 Å². The average Bonchev–Trinajstić information content (AvgIpc) is 2.58. The summed E-state index contributed by atoms with van der Waals surface area (Å²) >= 11 is 0. The van der Waals surface area contributed by atoms with E-state index in [1.807, 2.05) is 18.2 Å². The van der Waals surface area contributed by atoms with Gasteiger partial charge >= 0.3 is 0 Å². The maximum Gasteiger partial charge on any atom is 0.276 e. The minimum Gasteiger partial charge on any atom is -0.353 e. The summed E-state index contributed by atoms with van der Waals surface area (Å²) in [6.07, 6.45) is 4.53. The van der Waals surface area contributed by atoms with Crippen LogP contribution in [-0.4, -0.2) is 17.4 Å². The van der Waals surface area contributed by atoms with Crippen LogP contribution in [0, 0.1) is 10.1 Å². The highest BCUT2D eigenvalue weighted by Gasteiger charge is 2.09. The number of amides is 1. The Morgan fingerprint density at radius 3 is 2.52 bits per heavy atom. The molecule has 2 aromatic carbocycles. The predicted octanol–water partition coefficient (Wildman–Crippen LogP) is 3.36.